The van der Waals surface area contributed by atoms with Crippen molar-refractivity contribution in [2.24, 2.45) is 17.8 Å². The lowest BCUT2D eigenvalue weighted by molar-refractivity contribution is -0.117. The second-order valence-corrected chi connectivity index (χ2v) is 7.22. The highest BCUT2D eigenvalue weighted by atomic mass is 19.1. The average molecular weight is 327 g/mol. The van der Waals surface area contributed by atoms with Gasteiger partial charge in [0.15, 0.2) is 5.82 Å². The van der Waals surface area contributed by atoms with E-state index in [-0.39, 0.29) is 11.7 Å². The van der Waals surface area contributed by atoms with Crippen molar-refractivity contribution in [1.82, 2.24) is 9.78 Å². The molecule has 126 valence electrons. The summed E-state index contributed by atoms with van der Waals surface area (Å²) in [4.78, 5) is 12.2. The van der Waals surface area contributed by atoms with Gasteiger partial charge in [-0.2, -0.15) is 5.10 Å². The van der Waals surface area contributed by atoms with E-state index in [0.717, 1.165) is 17.4 Å². The van der Waals surface area contributed by atoms with Crippen molar-refractivity contribution < 1.29 is 9.18 Å². The van der Waals surface area contributed by atoms with Gasteiger partial charge in [0.25, 0.3) is 0 Å². The molecule has 1 amide bonds. The van der Waals surface area contributed by atoms with Crippen LogP contribution in [0.3, 0.4) is 0 Å². The molecule has 2 aromatic rings. The summed E-state index contributed by atoms with van der Waals surface area (Å²) in [6, 6.07) is 8.26. The van der Waals surface area contributed by atoms with Crippen LogP contribution in [0.25, 0.3) is 0 Å². The molecule has 4 nitrogen and oxygen atoms in total. The molecule has 3 atom stereocenters. The van der Waals surface area contributed by atoms with E-state index in [2.05, 4.69) is 10.4 Å². The Morgan fingerprint density at radius 3 is 2.96 bits per heavy atom. The van der Waals surface area contributed by atoms with Gasteiger partial charge in [-0.25, -0.2) is 4.39 Å². The molecule has 1 N–H and O–H groups in total. The topological polar surface area (TPSA) is 46.9 Å². The molecule has 5 heteroatoms. The van der Waals surface area contributed by atoms with Crippen LogP contribution in [0.4, 0.5) is 10.2 Å². The van der Waals surface area contributed by atoms with E-state index in [1.165, 1.54) is 37.8 Å². The molecular weight excluding hydrogens is 305 g/mol. The third-order valence-electron chi connectivity index (χ3n) is 5.47. The summed E-state index contributed by atoms with van der Waals surface area (Å²) in [5.41, 5.74) is 0.845. The van der Waals surface area contributed by atoms with Gasteiger partial charge in [0.2, 0.25) is 5.91 Å². The number of fused-ring (bicyclic) bond motifs is 2. The Morgan fingerprint density at radius 1 is 1.29 bits per heavy atom. The van der Waals surface area contributed by atoms with Gasteiger partial charge in [-0.05, 0) is 54.7 Å². The van der Waals surface area contributed by atoms with Gasteiger partial charge in [0, 0.05) is 18.7 Å². The first-order chi connectivity index (χ1) is 11.7. The standard InChI is InChI=1S/C19H22FN3O/c20-17-3-1-2-14(10-17)12-23-7-6-18(22-23)21-19(24)11-16-9-13-4-5-15(16)8-13/h1-3,6-7,10,13,15-16H,4-5,8-9,11-12H2,(H,21,22,24). The molecule has 24 heavy (non-hydrogen) atoms. The molecular formula is C19H22FN3O. The summed E-state index contributed by atoms with van der Waals surface area (Å²) in [5, 5.41) is 7.26. The first-order valence-corrected chi connectivity index (χ1v) is 8.73. The zero-order valence-electron chi connectivity index (χ0n) is 13.6. The molecule has 2 aliphatic carbocycles. The van der Waals surface area contributed by atoms with Crippen molar-refractivity contribution in [3.05, 3.63) is 47.9 Å². The number of nitrogens with zero attached hydrogens (tertiary/aromatic N) is 2. The zero-order chi connectivity index (χ0) is 16.5. The van der Waals surface area contributed by atoms with Crippen LogP contribution in [-0.2, 0) is 11.3 Å². The van der Waals surface area contributed by atoms with Crippen LogP contribution in [0.2, 0.25) is 0 Å². The van der Waals surface area contributed by atoms with Crippen molar-refractivity contribution >= 4 is 11.7 Å². The minimum Gasteiger partial charge on any atom is -0.309 e. The second-order valence-electron chi connectivity index (χ2n) is 7.22. The SMILES string of the molecule is O=C(CC1CC2CCC1C2)Nc1ccn(Cc2cccc(F)c2)n1. The monoisotopic (exact) mass is 327 g/mol. The third-order valence-corrected chi connectivity index (χ3v) is 5.47. The van der Waals surface area contributed by atoms with Gasteiger partial charge >= 0.3 is 0 Å². The van der Waals surface area contributed by atoms with E-state index < -0.39 is 0 Å². The molecule has 0 spiro atoms. The minimum atomic E-state index is -0.251. The van der Waals surface area contributed by atoms with Gasteiger partial charge in [0.1, 0.15) is 5.82 Å². The van der Waals surface area contributed by atoms with E-state index >= 15 is 0 Å². The van der Waals surface area contributed by atoms with Crippen molar-refractivity contribution in [3.63, 3.8) is 0 Å². The number of rotatable bonds is 5. The molecule has 3 unspecified atom stereocenters. The number of hydrogen-bond donors (Lipinski definition) is 1. The van der Waals surface area contributed by atoms with E-state index in [1.54, 1.807) is 23.0 Å². The number of benzene rings is 1. The van der Waals surface area contributed by atoms with Crippen LogP contribution in [0.1, 0.15) is 37.7 Å². The zero-order valence-corrected chi connectivity index (χ0v) is 13.6. The lowest BCUT2D eigenvalue weighted by atomic mass is 9.86. The van der Waals surface area contributed by atoms with Gasteiger partial charge in [-0.3, -0.25) is 9.48 Å². The summed E-state index contributed by atoms with van der Waals surface area (Å²) in [7, 11) is 0. The number of carbonyl (C=O) groups excluding carboxylic acids is 1. The highest BCUT2D eigenvalue weighted by Crippen LogP contribution is 2.49. The van der Waals surface area contributed by atoms with Crippen LogP contribution in [0.5, 0.6) is 0 Å². The molecule has 0 aliphatic heterocycles. The second kappa shape index (κ2) is 6.38. The predicted molar refractivity (Wildman–Crippen MR) is 89.9 cm³/mol. The van der Waals surface area contributed by atoms with Crippen LogP contribution in [-0.4, -0.2) is 15.7 Å². The molecule has 2 saturated carbocycles. The molecule has 2 aliphatic rings. The number of aromatic nitrogens is 2. The minimum absolute atomic E-state index is 0.0588. The Hall–Kier alpha value is -2.17. The van der Waals surface area contributed by atoms with Crippen molar-refractivity contribution in [3.8, 4) is 0 Å². The molecule has 0 saturated heterocycles. The van der Waals surface area contributed by atoms with E-state index in [9.17, 15) is 9.18 Å². The number of carbonyl (C=O) groups is 1. The number of amides is 1. The molecule has 1 aromatic carbocycles. The van der Waals surface area contributed by atoms with Gasteiger partial charge in [0.05, 0.1) is 6.54 Å². The smallest absolute Gasteiger partial charge is 0.225 e. The number of anilines is 1. The molecule has 2 fully saturated rings. The Kier molecular flexibility index (Phi) is 4.08. The van der Waals surface area contributed by atoms with Crippen molar-refractivity contribution in [2.45, 2.75) is 38.6 Å². The summed E-state index contributed by atoms with van der Waals surface area (Å²) in [6.45, 7) is 0.486. The number of nitrogens with one attached hydrogen (secondary N) is 1. The fraction of sp³-hybridized carbons (Fsp3) is 0.474. The summed E-state index contributed by atoms with van der Waals surface area (Å²) < 4.78 is 14.9. The molecule has 1 aromatic heterocycles. The normalized spacial score (nSPS) is 25.1. The maximum absolute atomic E-state index is 13.2. The van der Waals surface area contributed by atoms with Crippen LogP contribution < -0.4 is 5.32 Å². The summed E-state index contributed by atoms with van der Waals surface area (Å²) in [5.74, 6) is 2.55. The molecule has 4 rings (SSSR count). The lowest BCUT2D eigenvalue weighted by Gasteiger charge is -2.20. The van der Waals surface area contributed by atoms with Crippen LogP contribution in [0.15, 0.2) is 36.5 Å². The fourth-order valence-corrected chi connectivity index (χ4v) is 4.40. The maximum Gasteiger partial charge on any atom is 0.225 e. The van der Waals surface area contributed by atoms with Gasteiger partial charge in [-0.1, -0.05) is 18.6 Å². The predicted octanol–water partition coefficient (Wildman–Crippen LogP) is 3.84. The first kappa shape index (κ1) is 15.4. The van der Waals surface area contributed by atoms with Crippen LogP contribution in [0, 0.1) is 23.6 Å². The lowest BCUT2D eigenvalue weighted by Crippen LogP contribution is -2.20. The van der Waals surface area contributed by atoms with Crippen molar-refractivity contribution in [1.29, 1.82) is 0 Å². The molecule has 0 radical (unpaired) electrons. The summed E-state index contributed by atoms with van der Waals surface area (Å²) >= 11 is 0. The van der Waals surface area contributed by atoms with E-state index in [0.29, 0.717) is 24.7 Å². The maximum atomic E-state index is 13.2. The Labute approximate surface area is 141 Å². The average Bonchev–Trinajstić information content (AvgIpc) is 3.24. The largest absolute Gasteiger partial charge is 0.309 e. The highest BCUT2D eigenvalue weighted by Gasteiger charge is 2.40. The molecule has 2 bridgehead atoms. The van der Waals surface area contributed by atoms with Gasteiger partial charge in [-0.15, -0.1) is 0 Å². The fourth-order valence-electron chi connectivity index (χ4n) is 4.40. The Morgan fingerprint density at radius 2 is 2.21 bits per heavy atom. The number of halogens is 1. The van der Waals surface area contributed by atoms with Crippen LogP contribution >= 0.6 is 0 Å². The third kappa shape index (κ3) is 3.35. The first-order valence-electron chi connectivity index (χ1n) is 8.73. The van der Waals surface area contributed by atoms with E-state index in [1.807, 2.05) is 6.07 Å². The Balaban J connectivity index is 1.32. The van der Waals surface area contributed by atoms with E-state index in [4.69, 9.17) is 0 Å². The van der Waals surface area contributed by atoms with Crippen molar-refractivity contribution in [2.75, 3.05) is 5.32 Å². The number of hydrogen-bond acceptors (Lipinski definition) is 2. The van der Waals surface area contributed by atoms with Gasteiger partial charge < -0.3 is 5.32 Å². The molecule has 1 heterocycles. The highest BCUT2D eigenvalue weighted by molar-refractivity contribution is 5.89. The summed E-state index contributed by atoms with van der Waals surface area (Å²) in [6.07, 6.45) is 7.60. The quantitative estimate of drug-likeness (QED) is 0.907. The Bertz CT molecular complexity index is 742.